The summed E-state index contributed by atoms with van der Waals surface area (Å²) in [5.41, 5.74) is 1.26. The van der Waals surface area contributed by atoms with Crippen LogP contribution in [0.15, 0.2) is 30.3 Å². The van der Waals surface area contributed by atoms with E-state index in [1.807, 2.05) is 6.07 Å². The fourth-order valence-electron chi connectivity index (χ4n) is 2.89. The van der Waals surface area contributed by atoms with Gasteiger partial charge in [0.15, 0.2) is 5.11 Å². The van der Waals surface area contributed by atoms with Gasteiger partial charge in [0.25, 0.3) is 0 Å². The van der Waals surface area contributed by atoms with Crippen molar-refractivity contribution in [2.24, 2.45) is 0 Å². The Balaban J connectivity index is 1.93. The number of nitrogens with one attached hydrogen (secondary N) is 2. The zero-order valence-electron chi connectivity index (χ0n) is 15.7. The van der Waals surface area contributed by atoms with Crippen LogP contribution in [0, 0.1) is 0 Å². The molecule has 1 rings (SSSR count). The zero-order valence-corrected chi connectivity index (χ0v) is 16.5. The van der Waals surface area contributed by atoms with Crippen LogP contribution in [-0.4, -0.2) is 11.7 Å². The molecule has 24 heavy (non-hydrogen) atoms. The van der Waals surface area contributed by atoms with E-state index in [1.54, 1.807) is 0 Å². The summed E-state index contributed by atoms with van der Waals surface area (Å²) in [5.74, 6) is 0. The molecule has 2 nitrogen and oxygen atoms in total. The molecule has 0 spiro atoms. The van der Waals surface area contributed by atoms with Crippen LogP contribution in [0.2, 0.25) is 0 Å². The van der Waals surface area contributed by atoms with Crippen LogP contribution in [0.3, 0.4) is 0 Å². The maximum Gasteiger partial charge on any atom is 0.166 e. The molecule has 1 atom stereocenters. The average Bonchev–Trinajstić information content (AvgIpc) is 2.60. The van der Waals surface area contributed by atoms with E-state index in [1.165, 1.54) is 69.8 Å². The van der Waals surface area contributed by atoms with E-state index in [2.05, 4.69) is 48.7 Å². The molecular formula is C21H36N2S. The molecule has 1 aromatic carbocycles. The lowest BCUT2D eigenvalue weighted by molar-refractivity contribution is 0.554. The molecule has 0 fully saturated rings. The quantitative estimate of drug-likeness (QED) is 0.331. The Hall–Kier alpha value is -1.09. The minimum Gasteiger partial charge on any atom is -0.363 e. The molecule has 0 amide bonds. The van der Waals surface area contributed by atoms with E-state index in [4.69, 9.17) is 12.2 Å². The van der Waals surface area contributed by atoms with Gasteiger partial charge in [-0.25, -0.2) is 0 Å². The van der Waals surface area contributed by atoms with Gasteiger partial charge >= 0.3 is 0 Å². The summed E-state index contributed by atoms with van der Waals surface area (Å²) >= 11 is 5.38. The van der Waals surface area contributed by atoms with Gasteiger partial charge in [0.1, 0.15) is 0 Å². The minimum atomic E-state index is 0.249. The Morgan fingerprint density at radius 2 is 1.42 bits per heavy atom. The first-order valence-corrected chi connectivity index (χ1v) is 10.2. The SMILES string of the molecule is CCCCCCCCCCCCNC(=S)NC(C)c1ccccc1. The monoisotopic (exact) mass is 348 g/mol. The van der Waals surface area contributed by atoms with E-state index in [9.17, 15) is 0 Å². The van der Waals surface area contributed by atoms with E-state index < -0.39 is 0 Å². The highest BCUT2D eigenvalue weighted by Gasteiger charge is 2.05. The molecule has 136 valence electrons. The number of hydrogen-bond donors (Lipinski definition) is 2. The lowest BCUT2D eigenvalue weighted by atomic mass is 10.1. The highest BCUT2D eigenvalue weighted by atomic mass is 32.1. The van der Waals surface area contributed by atoms with Gasteiger partial charge in [0, 0.05) is 6.54 Å². The average molecular weight is 349 g/mol. The Bertz CT molecular complexity index is 419. The normalized spacial score (nSPS) is 11.9. The molecule has 0 saturated heterocycles. The first kappa shape index (κ1) is 21.0. The van der Waals surface area contributed by atoms with Crippen LogP contribution in [0.1, 0.15) is 89.7 Å². The summed E-state index contributed by atoms with van der Waals surface area (Å²) in [6.07, 6.45) is 13.7. The Labute approximate surface area is 154 Å². The Morgan fingerprint density at radius 3 is 2.00 bits per heavy atom. The van der Waals surface area contributed by atoms with Crippen molar-refractivity contribution in [3.8, 4) is 0 Å². The molecule has 2 N–H and O–H groups in total. The Kier molecular flexibility index (Phi) is 12.5. The molecular weight excluding hydrogens is 312 g/mol. The van der Waals surface area contributed by atoms with Gasteiger partial charge in [-0.1, -0.05) is 95.0 Å². The van der Waals surface area contributed by atoms with Crippen molar-refractivity contribution in [2.75, 3.05) is 6.54 Å². The highest BCUT2D eigenvalue weighted by molar-refractivity contribution is 7.80. The second-order valence-electron chi connectivity index (χ2n) is 6.71. The summed E-state index contributed by atoms with van der Waals surface area (Å²) < 4.78 is 0. The van der Waals surface area contributed by atoms with Gasteiger partial charge in [0.2, 0.25) is 0 Å². The molecule has 0 bridgehead atoms. The fourth-order valence-corrected chi connectivity index (χ4v) is 3.17. The number of thiocarbonyl (C=S) groups is 1. The number of unbranched alkanes of at least 4 members (excludes halogenated alkanes) is 9. The van der Waals surface area contributed by atoms with Gasteiger partial charge < -0.3 is 10.6 Å². The summed E-state index contributed by atoms with van der Waals surface area (Å²) in [7, 11) is 0. The van der Waals surface area contributed by atoms with E-state index in [0.29, 0.717) is 0 Å². The Morgan fingerprint density at radius 1 is 0.875 bits per heavy atom. The van der Waals surface area contributed by atoms with E-state index in [0.717, 1.165) is 11.7 Å². The van der Waals surface area contributed by atoms with Crippen LogP contribution in [0.4, 0.5) is 0 Å². The molecule has 0 radical (unpaired) electrons. The van der Waals surface area contributed by atoms with E-state index >= 15 is 0 Å². The van der Waals surface area contributed by atoms with Crippen molar-refractivity contribution in [3.05, 3.63) is 35.9 Å². The van der Waals surface area contributed by atoms with Crippen molar-refractivity contribution in [1.29, 1.82) is 0 Å². The fraction of sp³-hybridized carbons (Fsp3) is 0.667. The topological polar surface area (TPSA) is 24.1 Å². The molecule has 0 saturated carbocycles. The molecule has 0 aliphatic carbocycles. The van der Waals surface area contributed by atoms with Gasteiger partial charge in [0.05, 0.1) is 6.04 Å². The molecule has 0 aliphatic heterocycles. The standard InChI is InChI=1S/C21H36N2S/c1-3-4-5-6-7-8-9-10-11-15-18-22-21(24)23-19(2)20-16-13-12-14-17-20/h12-14,16-17,19H,3-11,15,18H2,1-2H3,(H2,22,23,24). The predicted octanol–water partition coefficient (Wildman–Crippen LogP) is 6.13. The largest absolute Gasteiger partial charge is 0.363 e. The number of benzene rings is 1. The minimum absolute atomic E-state index is 0.249. The van der Waals surface area contributed by atoms with Crippen molar-refractivity contribution < 1.29 is 0 Å². The predicted molar refractivity (Wildman–Crippen MR) is 110 cm³/mol. The van der Waals surface area contributed by atoms with Gasteiger partial charge in [-0.15, -0.1) is 0 Å². The summed E-state index contributed by atoms with van der Waals surface area (Å²) in [5, 5.41) is 7.45. The van der Waals surface area contributed by atoms with Crippen LogP contribution >= 0.6 is 12.2 Å². The lowest BCUT2D eigenvalue weighted by Crippen LogP contribution is -2.37. The smallest absolute Gasteiger partial charge is 0.166 e. The number of hydrogen-bond acceptors (Lipinski definition) is 1. The van der Waals surface area contributed by atoms with Crippen molar-refractivity contribution in [1.82, 2.24) is 10.6 Å². The first-order valence-electron chi connectivity index (χ1n) is 9.83. The maximum absolute atomic E-state index is 5.38. The van der Waals surface area contributed by atoms with Crippen LogP contribution in [0.5, 0.6) is 0 Å². The summed E-state index contributed by atoms with van der Waals surface area (Å²) in [4.78, 5) is 0. The number of rotatable bonds is 13. The molecule has 0 aliphatic rings. The summed E-state index contributed by atoms with van der Waals surface area (Å²) in [6.45, 7) is 5.39. The molecule has 1 unspecified atom stereocenters. The second kappa shape index (κ2) is 14.3. The van der Waals surface area contributed by atoms with Crippen molar-refractivity contribution in [2.45, 2.75) is 84.1 Å². The van der Waals surface area contributed by atoms with Crippen molar-refractivity contribution in [3.63, 3.8) is 0 Å². The molecule has 0 heterocycles. The van der Waals surface area contributed by atoms with Crippen molar-refractivity contribution >= 4 is 17.3 Å². The maximum atomic E-state index is 5.38. The third kappa shape index (κ3) is 10.6. The third-order valence-corrected chi connectivity index (χ3v) is 4.73. The van der Waals surface area contributed by atoms with Gasteiger partial charge in [-0.2, -0.15) is 0 Å². The van der Waals surface area contributed by atoms with E-state index in [-0.39, 0.29) is 6.04 Å². The van der Waals surface area contributed by atoms with Crippen LogP contribution < -0.4 is 10.6 Å². The highest BCUT2D eigenvalue weighted by Crippen LogP contribution is 2.11. The molecule has 0 aromatic heterocycles. The third-order valence-electron chi connectivity index (χ3n) is 4.46. The zero-order chi connectivity index (χ0) is 17.5. The molecule has 3 heteroatoms. The van der Waals surface area contributed by atoms with Gasteiger partial charge in [-0.3, -0.25) is 0 Å². The lowest BCUT2D eigenvalue weighted by Gasteiger charge is -2.17. The summed E-state index contributed by atoms with van der Waals surface area (Å²) in [6, 6.07) is 10.7. The second-order valence-corrected chi connectivity index (χ2v) is 7.12. The first-order chi connectivity index (χ1) is 11.7. The molecule has 1 aromatic rings. The van der Waals surface area contributed by atoms with Gasteiger partial charge in [-0.05, 0) is 31.1 Å². The van der Waals surface area contributed by atoms with Crippen LogP contribution in [0.25, 0.3) is 0 Å². The van der Waals surface area contributed by atoms with Crippen LogP contribution in [-0.2, 0) is 0 Å².